The van der Waals surface area contributed by atoms with E-state index in [9.17, 15) is 14.0 Å². The molecule has 3 amide bonds. The molecule has 1 aliphatic heterocycles. The number of halogens is 2. The highest BCUT2D eigenvalue weighted by atomic mass is 79.9. The first-order chi connectivity index (χ1) is 11.0. The van der Waals surface area contributed by atoms with Crippen LogP contribution in [0.2, 0.25) is 0 Å². The van der Waals surface area contributed by atoms with Crippen molar-refractivity contribution in [2.24, 2.45) is 0 Å². The first kappa shape index (κ1) is 15.7. The largest absolute Gasteiger partial charge is 0.332 e. The fourth-order valence-electron chi connectivity index (χ4n) is 2.58. The standard InChI is InChI=1S/C17H14BrFN2O2/c1-11-16(22)20(10-12-2-4-13(18)5-3-12)17(23)21(11)15-8-6-14(19)7-9-15/h2-9,11H,10H2,1H3. The van der Waals surface area contributed by atoms with Crippen LogP contribution in [0.25, 0.3) is 0 Å². The first-order valence-corrected chi connectivity index (χ1v) is 7.91. The zero-order valence-corrected chi connectivity index (χ0v) is 14.0. The summed E-state index contributed by atoms with van der Waals surface area (Å²) in [5.74, 6) is -0.645. The molecule has 6 heteroatoms. The molecule has 0 saturated carbocycles. The minimum absolute atomic E-state index is 0.215. The van der Waals surface area contributed by atoms with E-state index in [4.69, 9.17) is 0 Å². The molecule has 1 fully saturated rings. The van der Waals surface area contributed by atoms with E-state index in [0.717, 1.165) is 10.0 Å². The van der Waals surface area contributed by atoms with Crippen LogP contribution in [0, 0.1) is 5.82 Å². The molecule has 0 aliphatic carbocycles. The molecule has 0 spiro atoms. The zero-order valence-electron chi connectivity index (χ0n) is 12.4. The van der Waals surface area contributed by atoms with Gasteiger partial charge in [-0.2, -0.15) is 0 Å². The highest BCUT2D eigenvalue weighted by Gasteiger charge is 2.43. The SMILES string of the molecule is CC1C(=O)N(Cc2ccc(Br)cc2)C(=O)N1c1ccc(F)cc1. The Morgan fingerprint density at radius 2 is 1.65 bits per heavy atom. The number of amides is 3. The molecule has 0 N–H and O–H groups in total. The summed E-state index contributed by atoms with van der Waals surface area (Å²) in [5.41, 5.74) is 1.37. The van der Waals surface area contributed by atoms with Crippen LogP contribution in [0.15, 0.2) is 53.0 Å². The van der Waals surface area contributed by atoms with Crippen molar-refractivity contribution in [3.63, 3.8) is 0 Å². The summed E-state index contributed by atoms with van der Waals surface area (Å²) in [6, 6.07) is 12.0. The minimum Gasteiger partial charge on any atom is -0.282 e. The molecule has 0 bridgehead atoms. The van der Waals surface area contributed by atoms with Gasteiger partial charge in [-0.15, -0.1) is 0 Å². The number of nitrogens with zero attached hydrogens (tertiary/aromatic N) is 2. The predicted octanol–water partition coefficient (Wildman–Crippen LogP) is 3.95. The average molecular weight is 377 g/mol. The van der Waals surface area contributed by atoms with Crippen LogP contribution in [0.3, 0.4) is 0 Å². The van der Waals surface area contributed by atoms with Crippen molar-refractivity contribution in [3.05, 3.63) is 64.4 Å². The Kier molecular flexibility index (Phi) is 4.17. The molecule has 0 aromatic heterocycles. The van der Waals surface area contributed by atoms with Gasteiger partial charge in [-0.1, -0.05) is 28.1 Å². The van der Waals surface area contributed by atoms with E-state index >= 15 is 0 Å². The number of carbonyl (C=O) groups is 2. The fourth-order valence-corrected chi connectivity index (χ4v) is 2.84. The third-order valence-electron chi connectivity index (χ3n) is 3.81. The van der Waals surface area contributed by atoms with Gasteiger partial charge in [0.05, 0.1) is 6.54 Å². The fraction of sp³-hybridized carbons (Fsp3) is 0.176. The second kappa shape index (κ2) is 6.12. The van der Waals surface area contributed by atoms with Crippen molar-refractivity contribution >= 4 is 33.6 Å². The molecule has 1 unspecified atom stereocenters. The van der Waals surface area contributed by atoms with Crippen LogP contribution in [0.5, 0.6) is 0 Å². The van der Waals surface area contributed by atoms with Gasteiger partial charge in [0.25, 0.3) is 5.91 Å². The van der Waals surface area contributed by atoms with E-state index < -0.39 is 12.1 Å². The van der Waals surface area contributed by atoms with Crippen LogP contribution in [0.4, 0.5) is 14.9 Å². The number of imide groups is 1. The molecular weight excluding hydrogens is 363 g/mol. The molecule has 2 aromatic rings. The molecular formula is C17H14BrFN2O2. The summed E-state index contributed by atoms with van der Waals surface area (Å²) in [5, 5.41) is 0. The van der Waals surface area contributed by atoms with Gasteiger partial charge in [0.1, 0.15) is 11.9 Å². The third-order valence-corrected chi connectivity index (χ3v) is 4.34. The lowest BCUT2D eigenvalue weighted by Gasteiger charge is -2.19. The maximum Gasteiger partial charge on any atom is 0.332 e. The lowest BCUT2D eigenvalue weighted by atomic mass is 10.2. The molecule has 118 valence electrons. The first-order valence-electron chi connectivity index (χ1n) is 7.12. The zero-order chi connectivity index (χ0) is 16.6. The second-order valence-electron chi connectivity index (χ2n) is 5.36. The van der Waals surface area contributed by atoms with Gasteiger partial charge >= 0.3 is 6.03 Å². The molecule has 0 radical (unpaired) electrons. The van der Waals surface area contributed by atoms with E-state index in [2.05, 4.69) is 15.9 Å². The van der Waals surface area contributed by atoms with Gasteiger partial charge in [-0.05, 0) is 48.9 Å². The number of carbonyl (C=O) groups excluding carboxylic acids is 2. The molecule has 4 nitrogen and oxygen atoms in total. The Morgan fingerprint density at radius 1 is 1.04 bits per heavy atom. The normalized spacial score (nSPS) is 18.0. The van der Waals surface area contributed by atoms with Crippen LogP contribution in [-0.4, -0.2) is 22.9 Å². The number of anilines is 1. The third kappa shape index (κ3) is 2.99. The Bertz CT molecular complexity index is 746. The maximum absolute atomic E-state index is 13.1. The van der Waals surface area contributed by atoms with Crippen molar-refractivity contribution < 1.29 is 14.0 Å². The highest BCUT2D eigenvalue weighted by molar-refractivity contribution is 9.10. The number of benzene rings is 2. The van der Waals surface area contributed by atoms with E-state index in [1.807, 2.05) is 24.3 Å². The van der Waals surface area contributed by atoms with E-state index in [-0.39, 0.29) is 18.3 Å². The quantitative estimate of drug-likeness (QED) is 0.761. The summed E-state index contributed by atoms with van der Waals surface area (Å²) >= 11 is 3.35. The molecule has 1 aliphatic rings. The van der Waals surface area contributed by atoms with Crippen LogP contribution < -0.4 is 4.90 Å². The summed E-state index contributed by atoms with van der Waals surface area (Å²) in [6.07, 6.45) is 0. The Balaban J connectivity index is 1.85. The predicted molar refractivity (Wildman–Crippen MR) is 88.4 cm³/mol. The number of urea groups is 1. The summed E-state index contributed by atoms with van der Waals surface area (Å²) in [4.78, 5) is 27.6. The molecule has 1 saturated heterocycles. The van der Waals surface area contributed by atoms with Crippen LogP contribution in [0.1, 0.15) is 12.5 Å². The topological polar surface area (TPSA) is 40.6 Å². The molecule has 23 heavy (non-hydrogen) atoms. The van der Waals surface area contributed by atoms with Crippen molar-refractivity contribution in [3.8, 4) is 0 Å². The number of rotatable bonds is 3. The maximum atomic E-state index is 13.1. The summed E-state index contributed by atoms with van der Waals surface area (Å²) in [6.45, 7) is 1.89. The van der Waals surface area contributed by atoms with Crippen molar-refractivity contribution in [1.29, 1.82) is 0 Å². The monoisotopic (exact) mass is 376 g/mol. The van der Waals surface area contributed by atoms with Gasteiger partial charge in [-0.25, -0.2) is 9.18 Å². The van der Waals surface area contributed by atoms with E-state index in [1.54, 1.807) is 6.92 Å². The minimum atomic E-state index is -0.608. The number of hydrogen-bond acceptors (Lipinski definition) is 2. The Labute approximate surface area is 141 Å². The van der Waals surface area contributed by atoms with Gasteiger partial charge in [0.2, 0.25) is 0 Å². The average Bonchev–Trinajstić information content (AvgIpc) is 2.74. The summed E-state index contributed by atoms with van der Waals surface area (Å²) < 4.78 is 14.0. The van der Waals surface area contributed by atoms with Crippen LogP contribution >= 0.6 is 15.9 Å². The van der Waals surface area contributed by atoms with E-state index in [1.165, 1.54) is 34.1 Å². The molecule has 3 rings (SSSR count). The van der Waals surface area contributed by atoms with E-state index in [0.29, 0.717) is 5.69 Å². The van der Waals surface area contributed by atoms with Gasteiger partial charge in [0, 0.05) is 10.2 Å². The smallest absolute Gasteiger partial charge is 0.282 e. The Hall–Kier alpha value is -2.21. The highest BCUT2D eigenvalue weighted by Crippen LogP contribution is 2.27. The van der Waals surface area contributed by atoms with Gasteiger partial charge in [0.15, 0.2) is 0 Å². The molecule has 1 atom stereocenters. The second-order valence-corrected chi connectivity index (χ2v) is 6.27. The van der Waals surface area contributed by atoms with Crippen molar-refractivity contribution in [2.45, 2.75) is 19.5 Å². The van der Waals surface area contributed by atoms with Gasteiger partial charge in [-0.3, -0.25) is 14.6 Å². The van der Waals surface area contributed by atoms with Gasteiger partial charge < -0.3 is 0 Å². The molecule has 2 aromatic carbocycles. The summed E-state index contributed by atoms with van der Waals surface area (Å²) in [7, 11) is 0. The van der Waals surface area contributed by atoms with Crippen molar-refractivity contribution in [1.82, 2.24) is 4.90 Å². The lowest BCUT2D eigenvalue weighted by molar-refractivity contribution is -0.127. The van der Waals surface area contributed by atoms with Crippen molar-refractivity contribution in [2.75, 3.05) is 4.90 Å². The Morgan fingerprint density at radius 3 is 2.26 bits per heavy atom. The lowest BCUT2D eigenvalue weighted by Crippen LogP contribution is -2.33. The van der Waals surface area contributed by atoms with Crippen LogP contribution in [-0.2, 0) is 11.3 Å². The number of hydrogen-bond donors (Lipinski definition) is 0. The molecule has 1 heterocycles.